The van der Waals surface area contributed by atoms with Crippen LogP contribution in [0.15, 0.2) is 24.3 Å². The molecule has 0 aliphatic heterocycles. The Bertz CT molecular complexity index is 698. The Hall–Kier alpha value is -2.22. The van der Waals surface area contributed by atoms with Crippen LogP contribution in [0.1, 0.15) is 16.9 Å². The van der Waals surface area contributed by atoms with Crippen LogP contribution in [0.5, 0.6) is 0 Å². The number of aromatic amines is 1. The number of hydrogen-bond donors (Lipinski definition) is 3. The lowest BCUT2D eigenvalue weighted by atomic mass is 10.2. The Morgan fingerprint density at radius 3 is 2.77 bits per heavy atom. The normalized spacial score (nSPS) is 12.0. The summed E-state index contributed by atoms with van der Waals surface area (Å²) in [7, 11) is -0.925. The van der Waals surface area contributed by atoms with Gasteiger partial charge in [-0.05, 0) is 6.07 Å². The van der Waals surface area contributed by atoms with Crippen LogP contribution >= 0.6 is 0 Å². The van der Waals surface area contributed by atoms with E-state index in [0.29, 0.717) is 18.0 Å². The molecule has 0 saturated carbocycles. The molecule has 0 bridgehead atoms. The Morgan fingerprint density at radius 2 is 2.00 bits per heavy atom. The largest absolute Gasteiger partial charge is 0.355 e. The summed E-state index contributed by atoms with van der Waals surface area (Å²) in [5.41, 5.74) is 1.11. The van der Waals surface area contributed by atoms with Gasteiger partial charge in [0.2, 0.25) is 5.91 Å². The minimum Gasteiger partial charge on any atom is -0.355 e. The monoisotopic (exact) mass is 322 g/mol. The number of carbonyl (C=O) groups is 2. The van der Waals surface area contributed by atoms with E-state index in [1.54, 1.807) is 6.26 Å². The van der Waals surface area contributed by atoms with Gasteiger partial charge >= 0.3 is 0 Å². The van der Waals surface area contributed by atoms with Crippen LogP contribution in [0, 0.1) is 0 Å². The van der Waals surface area contributed by atoms with E-state index in [1.807, 2.05) is 24.3 Å². The summed E-state index contributed by atoms with van der Waals surface area (Å²) in [6, 6.07) is 7.34. The number of aromatic nitrogens is 2. The molecule has 2 amide bonds. The van der Waals surface area contributed by atoms with Crippen molar-refractivity contribution < 1.29 is 13.8 Å². The summed E-state index contributed by atoms with van der Waals surface area (Å²) < 4.78 is 10.9. The average Bonchev–Trinajstić information content (AvgIpc) is 2.90. The highest BCUT2D eigenvalue weighted by Crippen LogP contribution is 2.14. The number of hydrogen-bond acceptors (Lipinski definition) is 4. The van der Waals surface area contributed by atoms with Crippen molar-refractivity contribution in [2.45, 2.75) is 6.42 Å². The second-order valence-electron chi connectivity index (χ2n) is 4.75. The first-order valence-electron chi connectivity index (χ1n) is 6.86. The topological polar surface area (TPSA) is 104 Å². The van der Waals surface area contributed by atoms with Gasteiger partial charge in [0.1, 0.15) is 0 Å². The Balaban J connectivity index is 1.78. The lowest BCUT2D eigenvalue weighted by molar-refractivity contribution is -0.120. The molecule has 1 atom stereocenters. The van der Waals surface area contributed by atoms with E-state index in [4.69, 9.17) is 0 Å². The van der Waals surface area contributed by atoms with Crippen molar-refractivity contribution in [2.24, 2.45) is 0 Å². The molecular weight excluding hydrogens is 304 g/mol. The molecule has 3 N–H and O–H groups in total. The van der Waals surface area contributed by atoms with E-state index in [2.05, 4.69) is 20.8 Å². The summed E-state index contributed by atoms with van der Waals surface area (Å²) in [4.78, 5) is 23.6. The first-order chi connectivity index (χ1) is 10.6. The molecular formula is C14H18N4O3S. The van der Waals surface area contributed by atoms with Crippen molar-refractivity contribution in [1.82, 2.24) is 20.8 Å². The molecule has 8 heteroatoms. The molecule has 1 aromatic heterocycles. The van der Waals surface area contributed by atoms with Crippen LogP contribution < -0.4 is 10.6 Å². The van der Waals surface area contributed by atoms with Gasteiger partial charge in [-0.1, -0.05) is 18.2 Å². The Kier molecular flexibility index (Phi) is 5.65. The van der Waals surface area contributed by atoms with Crippen molar-refractivity contribution in [3.8, 4) is 0 Å². The molecule has 0 radical (unpaired) electrons. The SMILES string of the molecule is CS(=O)CCNC(=O)CCNC(=O)c1n[nH]c2ccccc12. The number of H-pyrrole nitrogens is 1. The molecule has 22 heavy (non-hydrogen) atoms. The standard InChI is InChI=1S/C14H18N4O3S/c1-22(21)9-8-15-12(19)6-7-16-14(20)13-10-4-2-3-5-11(10)17-18-13/h2-5H,6-9H2,1H3,(H,15,19)(H,16,20)(H,17,18). The van der Waals surface area contributed by atoms with Crippen LogP contribution in [0.3, 0.4) is 0 Å². The Labute approximate surface area is 130 Å². The summed E-state index contributed by atoms with van der Waals surface area (Å²) in [5.74, 6) is -0.0743. The highest BCUT2D eigenvalue weighted by atomic mass is 32.2. The maximum absolute atomic E-state index is 12.0. The summed E-state index contributed by atoms with van der Waals surface area (Å²) in [6.07, 6.45) is 1.75. The number of para-hydroxylation sites is 1. The number of benzene rings is 1. The highest BCUT2D eigenvalue weighted by molar-refractivity contribution is 7.84. The molecule has 1 heterocycles. The first-order valence-corrected chi connectivity index (χ1v) is 8.58. The number of nitrogens with zero attached hydrogens (tertiary/aromatic N) is 1. The van der Waals surface area contributed by atoms with Gasteiger partial charge < -0.3 is 10.6 Å². The van der Waals surface area contributed by atoms with Crippen LogP contribution in [-0.2, 0) is 15.6 Å². The number of fused-ring (bicyclic) bond motifs is 1. The third-order valence-corrected chi connectivity index (χ3v) is 3.81. The molecule has 2 aromatic rings. The van der Waals surface area contributed by atoms with Crippen molar-refractivity contribution in [2.75, 3.05) is 25.1 Å². The van der Waals surface area contributed by atoms with Crippen molar-refractivity contribution in [1.29, 1.82) is 0 Å². The van der Waals surface area contributed by atoms with Crippen LogP contribution in [0.2, 0.25) is 0 Å². The van der Waals surface area contributed by atoms with Gasteiger partial charge in [0.15, 0.2) is 5.69 Å². The molecule has 2 rings (SSSR count). The molecule has 118 valence electrons. The van der Waals surface area contributed by atoms with E-state index in [9.17, 15) is 13.8 Å². The minimum atomic E-state index is -0.925. The zero-order valence-electron chi connectivity index (χ0n) is 12.2. The Morgan fingerprint density at radius 1 is 1.23 bits per heavy atom. The van der Waals surface area contributed by atoms with Gasteiger partial charge in [0.05, 0.1) is 5.52 Å². The predicted octanol–water partition coefficient (Wildman–Crippen LogP) is 0.178. The van der Waals surface area contributed by atoms with Crippen molar-refractivity contribution in [3.63, 3.8) is 0 Å². The number of rotatable bonds is 7. The molecule has 1 unspecified atom stereocenters. The highest BCUT2D eigenvalue weighted by Gasteiger charge is 2.13. The van der Waals surface area contributed by atoms with Crippen LogP contribution in [0.25, 0.3) is 10.9 Å². The molecule has 7 nitrogen and oxygen atoms in total. The smallest absolute Gasteiger partial charge is 0.272 e. The van der Waals surface area contributed by atoms with E-state index in [0.717, 1.165) is 10.9 Å². The summed E-state index contributed by atoms with van der Waals surface area (Å²) in [6.45, 7) is 0.598. The number of amides is 2. The maximum Gasteiger partial charge on any atom is 0.272 e. The second kappa shape index (κ2) is 7.69. The first kappa shape index (κ1) is 16.2. The quantitative estimate of drug-likeness (QED) is 0.676. The van der Waals surface area contributed by atoms with Gasteiger partial charge in [0.25, 0.3) is 5.91 Å². The fraction of sp³-hybridized carbons (Fsp3) is 0.357. The van der Waals surface area contributed by atoms with Gasteiger partial charge in [-0.3, -0.25) is 18.9 Å². The van der Waals surface area contributed by atoms with Crippen molar-refractivity contribution >= 4 is 33.5 Å². The van der Waals surface area contributed by atoms with Crippen molar-refractivity contribution in [3.05, 3.63) is 30.0 Å². The number of carbonyl (C=O) groups excluding carboxylic acids is 2. The third-order valence-electron chi connectivity index (χ3n) is 3.03. The van der Waals surface area contributed by atoms with E-state index in [-0.39, 0.29) is 24.8 Å². The molecule has 1 aromatic carbocycles. The maximum atomic E-state index is 12.0. The molecule has 0 fully saturated rings. The van der Waals surface area contributed by atoms with Crippen LogP contribution in [0.4, 0.5) is 0 Å². The number of nitrogens with one attached hydrogen (secondary N) is 3. The van der Waals surface area contributed by atoms with E-state index < -0.39 is 10.8 Å². The van der Waals surface area contributed by atoms with Gasteiger partial charge in [-0.2, -0.15) is 5.10 Å². The fourth-order valence-corrected chi connectivity index (χ4v) is 2.32. The summed E-state index contributed by atoms with van der Waals surface area (Å²) in [5, 5.41) is 12.8. The fourth-order valence-electron chi connectivity index (χ4n) is 1.93. The predicted molar refractivity (Wildman–Crippen MR) is 85.0 cm³/mol. The lowest BCUT2D eigenvalue weighted by Gasteiger charge is -2.05. The van der Waals surface area contributed by atoms with Gasteiger partial charge in [-0.25, -0.2) is 0 Å². The summed E-state index contributed by atoms with van der Waals surface area (Å²) >= 11 is 0. The van der Waals surface area contributed by atoms with Crippen LogP contribution in [-0.4, -0.2) is 51.3 Å². The zero-order valence-corrected chi connectivity index (χ0v) is 13.0. The third kappa shape index (κ3) is 4.39. The van der Waals surface area contributed by atoms with E-state index in [1.165, 1.54) is 0 Å². The molecule has 0 spiro atoms. The van der Waals surface area contributed by atoms with Gasteiger partial charge in [-0.15, -0.1) is 0 Å². The second-order valence-corrected chi connectivity index (χ2v) is 6.31. The molecule has 0 aliphatic carbocycles. The van der Waals surface area contributed by atoms with Gasteiger partial charge in [0, 0.05) is 47.7 Å². The average molecular weight is 322 g/mol. The molecule has 0 saturated heterocycles. The molecule has 0 aliphatic rings. The van der Waals surface area contributed by atoms with E-state index >= 15 is 0 Å². The lowest BCUT2D eigenvalue weighted by Crippen LogP contribution is -2.32. The zero-order chi connectivity index (χ0) is 15.9. The minimum absolute atomic E-state index is 0.171.